The molecular formula is C29H30N4O7S. The molecule has 1 aliphatic rings. The Morgan fingerprint density at radius 3 is 2.41 bits per heavy atom. The summed E-state index contributed by atoms with van der Waals surface area (Å²) in [4.78, 5) is 35.3. The molecule has 2 heterocycles. The van der Waals surface area contributed by atoms with E-state index in [2.05, 4.69) is 4.98 Å². The normalized spacial score (nSPS) is 15.0. The van der Waals surface area contributed by atoms with E-state index in [0.717, 1.165) is 11.1 Å². The second-order valence-electron chi connectivity index (χ2n) is 9.79. The van der Waals surface area contributed by atoms with Crippen LogP contribution in [0.3, 0.4) is 0 Å². The number of amides is 1. The highest BCUT2D eigenvalue weighted by Crippen LogP contribution is 2.31. The van der Waals surface area contributed by atoms with E-state index in [9.17, 15) is 18.0 Å². The molecule has 1 aliphatic heterocycles. The summed E-state index contributed by atoms with van der Waals surface area (Å²) >= 11 is 0. The number of ether oxygens (including phenoxy) is 2. The van der Waals surface area contributed by atoms with Gasteiger partial charge in [0.05, 0.1) is 17.5 Å². The van der Waals surface area contributed by atoms with Crippen LogP contribution in [0, 0.1) is 6.92 Å². The summed E-state index contributed by atoms with van der Waals surface area (Å²) in [6, 6.07) is 18.6. The molecule has 1 amide bonds. The molecule has 214 valence electrons. The third kappa shape index (κ3) is 5.53. The maximum atomic E-state index is 13.9. The quantitative estimate of drug-likeness (QED) is 0.206. The van der Waals surface area contributed by atoms with E-state index in [0.29, 0.717) is 11.3 Å². The Balaban J connectivity index is 1.41. The lowest BCUT2D eigenvalue weighted by Crippen LogP contribution is -2.40. The lowest BCUT2D eigenvalue weighted by atomic mass is 10.2. The van der Waals surface area contributed by atoms with Crippen LogP contribution >= 0.6 is 0 Å². The molecular weight excluding hydrogens is 548 g/mol. The molecule has 12 heteroatoms. The third-order valence-electron chi connectivity index (χ3n) is 6.69. The number of carbonyl (C=O) groups excluding carboxylic acids is 1. The van der Waals surface area contributed by atoms with Gasteiger partial charge in [0.25, 0.3) is 21.6 Å². The van der Waals surface area contributed by atoms with Crippen molar-refractivity contribution in [1.82, 2.24) is 19.4 Å². The van der Waals surface area contributed by atoms with Gasteiger partial charge in [-0.15, -0.1) is 0 Å². The molecule has 1 atom stereocenters. The number of aryl methyl sites for hydroxylation is 1. The van der Waals surface area contributed by atoms with Gasteiger partial charge in [-0.3, -0.25) is 28.1 Å². The van der Waals surface area contributed by atoms with Crippen molar-refractivity contribution in [1.29, 1.82) is 0 Å². The number of rotatable bonds is 10. The molecule has 3 aromatic carbocycles. The van der Waals surface area contributed by atoms with E-state index in [1.54, 1.807) is 61.3 Å². The van der Waals surface area contributed by atoms with E-state index < -0.39 is 22.0 Å². The topological polar surface area (TPSA) is 120 Å². The SMILES string of the molecule is COc1cccc(CN2C(=O)c3nc4cccc(OCCOS(=O)(=O)c5ccc(C)cc5)c4c(=O)n3C2N(C)C)c1. The first kappa shape index (κ1) is 28.3. The molecule has 0 radical (unpaired) electrons. The van der Waals surface area contributed by atoms with Crippen LogP contribution in [0.15, 0.2) is 76.4 Å². The molecule has 0 fully saturated rings. The summed E-state index contributed by atoms with van der Waals surface area (Å²) in [7, 11) is 1.16. The first-order valence-electron chi connectivity index (χ1n) is 12.8. The van der Waals surface area contributed by atoms with Gasteiger partial charge in [-0.25, -0.2) is 4.98 Å². The molecule has 0 aliphatic carbocycles. The Labute approximate surface area is 237 Å². The zero-order chi connectivity index (χ0) is 29.3. The van der Waals surface area contributed by atoms with E-state index in [4.69, 9.17) is 13.7 Å². The highest BCUT2D eigenvalue weighted by atomic mass is 32.2. The fraction of sp³-hybridized carbons (Fsp3) is 0.276. The van der Waals surface area contributed by atoms with E-state index >= 15 is 0 Å². The van der Waals surface area contributed by atoms with Crippen LogP contribution in [0.2, 0.25) is 0 Å². The minimum atomic E-state index is -3.96. The number of aromatic nitrogens is 2. The maximum Gasteiger partial charge on any atom is 0.297 e. The first-order chi connectivity index (χ1) is 19.6. The van der Waals surface area contributed by atoms with Gasteiger partial charge in [0, 0.05) is 6.54 Å². The van der Waals surface area contributed by atoms with Crippen molar-refractivity contribution in [3.05, 3.63) is 94.0 Å². The van der Waals surface area contributed by atoms with Crippen molar-refractivity contribution in [2.75, 3.05) is 34.4 Å². The first-order valence-corrected chi connectivity index (χ1v) is 14.3. The number of nitrogens with zero attached hydrogens (tertiary/aromatic N) is 4. The number of benzene rings is 3. The lowest BCUT2D eigenvalue weighted by molar-refractivity contribution is 0.0325. The van der Waals surface area contributed by atoms with Gasteiger partial charge in [0.15, 0.2) is 6.29 Å². The fourth-order valence-electron chi connectivity index (χ4n) is 4.77. The van der Waals surface area contributed by atoms with Gasteiger partial charge in [-0.05, 0) is 63.0 Å². The Bertz CT molecular complexity index is 1770. The summed E-state index contributed by atoms with van der Waals surface area (Å²) in [5, 5.41) is 0.181. The largest absolute Gasteiger partial charge is 0.497 e. The van der Waals surface area contributed by atoms with Gasteiger partial charge >= 0.3 is 0 Å². The number of hydrogen-bond donors (Lipinski definition) is 0. The van der Waals surface area contributed by atoms with Crippen LogP contribution in [-0.4, -0.2) is 68.1 Å². The van der Waals surface area contributed by atoms with Crippen LogP contribution < -0.4 is 15.0 Å². The van der Waals surface area contributed by atoms with Crippen LogP contribution in [0.5, 0.6) is 11.5 Å². The minimum absolute atomic E-state index is 0.0220. The number of methoxy groups -OCH3 is 1. The zero-order valence-corrected chi connectivity index (χ0v) is 23.9. The van der Waals surface area contributed by atoms with Crippen LogP contribution in [0.25, 0.3) is 10.9 Å². The Hall–Kier alpha value is -4.26. The molecule has 0 saturated heterocycles. The lowest BCUT2D eigenvalue weighted by Gasteiger charge is -2.30. The second-order valence-corrected chi connectivity index (χ2v) is 11.4. The van der Waals surface area contributed by atoms with E-state index in [1.165, 1.54) is 16.7 Å². The predicted octanol–water partition coefficient (Wildman–Crippen LogP) is 3.17. The van der Waals surface area contributed by atoms with Crippen LogP contribution in [0.4, 0.5) is 0 Å². The van der Waals surface area contributed by atoms with Crippen molar-refractivity contribution < 1.29 is 26.9 Å². The molecule has 4 aromatic rings. The van der Waals surface area contributed by atoms with Gasteiger partial charge in [0.1, 0.15) is 30.1 Å². The van der Waals surface area contributed by atoms with Crippen molar-refractivity contribution in [2.24, 2.45) is 0 Å². The number of carbonyl (C=O) groups is 1. The third-order valence-corrected chi connectivity index (χ3v) is 8.02. The van der Waals surface area contributed by atoms with Gasteiger partial charge < -0.3 is 9.47 Å². The average Bonchev–Trinajstić information content (AvgIpc) is 3.23. The van der Waals surface area contributed by atoms with E-state index in [1.807, 2.05) is 31.2 Å². The van der Waals surface area contributed by atoms with Gasteiger partial charge in [-0.1, -0.05) is 35.9 Å². The summed E-state index contributed by atoms with van der Waals surface area (Å²) < 4.78 is 42.6. The second kappa shape index (κ2) is 11.3. The van der Waals surface area contributed by atoms with E-state index in [-0.39, 0.29) is 47.5 Å². The standard InChI is InChI=1S/C29H30N4O7S/c1-19-11-13-22(14-12-19)41(36,37)40-16-15-39-24-10-6-9-23-25(24)27(34)33-26(30-23)28(35)32(29(33)31(2)3)18-20-7-5-8-21(17-20)38-4/h5-14,17,29H,15-16,18H2,1-4H3. The maximum absolute atomic E-state index is 13.9. The van der Waals surface area contributed by atoms with Crippen molar-refractivity contribution in [3.63, 3.8) is 0 Å². The molecule has 41 heavy (non-hydrogen) atoms. The van der Waals surface area contributed by atoms with Gasteiger partial charge in [-0.2, -0.15) is 8.42 Å². The Morgan fingerprint density at radius 1 is 0.976 bits per heavy atom. The molecule has 0 N–H and O–H groups in total. The van der Waals surface area contributed by atoms with Gasteiger partial charge in [0.2, 0.25) is 5.82 Å². The minimum Gasteiger partial charge on any atom is -0.497 e. The highest BCUT2D eigenvalue weighted by Gasteiger charge is 2.41. The van der Waals surface area contributed by atoms with Crippen molar-refractivity contribution in [3.8, 4) is 11.5 Å². The van der Waals surface area contributed by atoms with Crippen LogP contribution in [-0.2, 0) is 20.8 Å². The summed E-state index contributed by atoms with van der Waals surface area (Å²) in [6.45, 7) is 1.69. The molecule has 1 aromatic heterocycles. The van der Waals surface area contributed by atoms with Crippen LogP contribution in [0.1, 0.15) is 28.0 Å². The number of hydrogen-bond acceptors (Lipinski definition) is 9. The summed E-state index contributed by atoms with van der Waals surface area (Å²) in [5.74, 6) is 0.509. The number of fused-ring (bicyclic) bond motifs is 2. The molecule has 0 bridgehead atoms. The molecule has 11 nitrogen and oxygen atoms in total. The molecule has 0 saturated carbocycles. The fourth-order valence-corrected chi connectivity index (χ4v) is 5.66. The highest BCUT2D eigenvalue weighted by molar-refractivity contribution is 7.86. The predicted molar refractivity (Wildman–Crippen MR) is 151 cm³/mol. The zero-order valence-electron chi connectivity index (χ0n) is 23.1. The Morgan fingerprint density at radius 2 is 1.71 bits per heavy atom. The molecule has 1 unspecified atom stereocenters. The monoisotopic (exact) mass is 578 g/mol. The Kier molecular flexibility index (Phi) is 7.80. The molecule has 0 spiro atoms. The van der Waals surface area contributed by atoms with Crippen molar-refractivity contribution in [2.45, 2.75) is 24.7 Å². The summed E-state index contributed by atoms with van der Waals surface area (Å²) in [6.07, 6.45) is -0.732. The van der Waals surface area contributed by atoms with Crippen molar-refractivity contribution >= 4 is 26.9 Å². The molecule has 5 rings (SSSR count). The smallest absolute Gasteiger partial charge is 0.297 e. The average molecular weight is 579 g/mol. The summed E-state index contributed by atoms with van der Waals surface area (Å²) in [5.41, 5.74) is 1.60.